The lowest BCUT2D eigenvalue weighted by molar-refractivity contribution is 0.173. The van der Waals surface area contributed by atoms with Gasteiger partial charge in [0.15, 0.2) is 0 Å². The normalized spacial score (nSPS) is 17.7. The Morgan fingerprint density at radius 3 is 2.13 bits per heavy atom. The highest BCUT2D eigenvalue weighted by Crippen LogP contribution is 2.23. The monoisotopic (exact) mass is 209 g/mol. The molecule has 0 atom stereocenters. The fourth-order valence-electron chi connectivity index (χ4n) is 1.97. The number of nitrogens with zero attached hydrogens (tertiary/aromatic N) is 1. The van der Waals surface area contributed by atoms with Gasteiger partial charge in [-0.25, -0.2) is 0 Å². The van der Waals surface area contributed by atoms with E-state index in [9.17, 15) is 0 Å². The Hall–Kier alpha value is -0.480. The van der Waals surface area contributed by atoms with E-state index in [1.54, 1.807) is 0 Å². The van der Waals surface area contributed by atoms with Crippen molar-refractivity contribution < 1.29 is 0 Å². The average Bonchev–Trinajstić information content (AvgIpc) is 2.29. The van der Waals surface area contributed by atoms with Crippen molar-refractivity contribution in [3.8, 4) is 11.8 Å². The van der Waals surface area contributed by atoms with E-state index < -0.39 is 0 Å². The second kappa shape index (κ2) is 8.80. The van der Waals surface area contributed by atoms with Crippen molar-refractivity contribution in [1.82, 2.24) is 4.90 Å². The Labute approximate surface area is 96.2 Å². The van der Waals surface area contributed by atoms with E-state index in [1.165, 1.54) is 25.9 Å². The van der Waals surface area contributed by atoms with Crippen LogP contribution in [0.5, 0.6) is 0 Å². The van der Waals surface area contributed by atoms with Crippen LogP contribution in [-0.4, -0.2) is 24.5 Å². The van der Waals surface area contributed by atoms with Crippen molar-refractivity contribution in [2.45, 2.75) is 47.5 Å². The fraction of sp³-hybridized carbons (Fsp3) is 0.857. The molecule has 0 spiro atoms. The van der Waals surface area contributed by atoms with E-state index in [-0.39, 0.29) is 0 Å². The Morgan fingerprint density at radius 2 is 1.73 bits per heavy atom. The lowest BCUT2D eigenvalue weighted by atomic mass is 9.87. The molecule has 1 heterocycles. The summed E-state index contributed by atoms with van der Waals surface area (Å²) in [5.74, 6) is 7.91. The third kappa shape index (κ3) is 5.85. The summed E-state index contributed by atoms with van der Waals surface area (Å²) < 4.78 is 0. The summed E-state index contributed by atoms with van der Waals surface area (Å²) in [6.07, 6.45) is 2.73. The van der Waals surface area contributed by atoms with Crippen LogP contribution in [0, 0.1) is 23.7 Å². The molecule has 15 heavy (non-hydrogen) atoms. The summed E-state index contributed by atoms with van der Waals surface area (Å²) in [6, 6.07) is 0. The second-order valence-electron chi connectivity index (χ2n) is 4.28. The molecular formula is C14H27N. The van der Waals surface area contributed by atoms with E-state index in [4.69, 9.17) is 0 Å². The fourth-order valence-corrected chi connectivity index (χ4v) is 1.97. The highest BCUT2D eigenvalue weighted by Gasteiger charge is 2.20. The average molecular weight is 209 g/mol. The van der Waals surface area contributed by atoms with E-state index in [0.29, 0.717) is 0 Å². The van der Waals surface area contributed by atoms with Crippen LogP contribution in [0.3, 0.4) is 0 Å². The lowest BCUT2D eigenvalue weighted by Crippen LogP contribution is -2.35. The van der Waals surface area contributed by atoms with Gasteiger partial charge in [0.2, 0.25) is 0 Å². The number of piperidine rings is 1. The summed E-state index contributed by atoms with van der Waals surface area (Å²) in [5, 5.41) is 0. The van der Waals surface area contributed by atoms with Gasteiger partial charge in [-0.1, -0.05) is 33.6 Å². The molecule has 88 valence electrons. The first-order valence-corrected chi connectivity index (χ1v) is 6.36. The van der Waals surface area contributed by atoms with Crippen molar-refractivity contribution in [2.24, 2.45) is 11.8 Å². The molecule has 0 amide bonds. The smallest absolute Gasteiger partial charge is 0.0601 e. The van der Waals surface area contributed by atoms with Gasteiger partial charge in [0.05, 0.1) is 6.54 Å². The van der Waals surface area contributed by atoms with Crippen LogP contribution < -0.4 is 0 Å². The maximum absolute atomic E-state index is 3.14. The van der Waals surface area contributed by atoms with Crippen LogP contribution in [0.25, 0.3) is 0 Å². The molecule has 0 aliphatic carbocycles. The van der Waals surface area contributed by atoms with Crippen molar-refractivity contribution in [2.75, 3.05) is 19.6 Å². The topological polar surface area (TPSA) is 3.24 Å². The molecule has 0 aromatic rings. The number of hydrogen-bond donors (Lipinski definition) is 0. The molecule has 1 rings (SSSR count). The quantitative estimate of drug-likeness (QED) is 0.630. The molecule has 0 N–H and O–H groups in total. The van der Waals surface area contributed by atoms with Crippen LogP contribution in [0.4, 0.5) is 0 Å². The van der Waals surface area contributed by atoms with Crippen molar-refractivity contribution in [3.63, 3.8) is 0 Å². The van der Waals surface area contributed by atoms with Gasteiger partial charge < -0.3 is 0 Å². The SMILES string of the molecule is CC.CC#CCN1CCC(C(C)C)CC1. The molecule has 1 aliphatic rings. The minimum absolute atomic E-state index is 0.861. The maximum Gasteiger partial charge on any atom is 0.0601 e. The summed E-state index contributed by atoms with van der Waals surface area (Å²) in [5.41, 5.74) is 0. The van der Waals surface area contributed by atoms with E-state index in [0.717, 1.165) is 18.4 Å². The lowest BCUT2D eigenvalue weighted by Gasteiger charge is -2.32. The molecule has 0 bridgehead atoms. The van der Waals surface area contributed by atoms with Crippen molar-refractivity contribution in [3.05, 3.63) is 0 Å². The largest absolute Gasteiger partial charge is 0.292 e. The van der Waals surface area contributed by atoms with E-state index in [2.05, 4.69) is 30.6 Å². The van der Waals surface area contributed by atoms with Gasteiger partial charge in [-0.3, -0.25) is 4.90 Å². The number of rotatable bonds is 2. The first-order valence-electron chi connectivity index (χ1n) is 6.36. The second-order valence-corrected chi connectivity index (χ2v) is 4.28. The Bertz CT molecular complexity index is 189. The van der Waals surface area contributed by atoms with Gasteiger partial charge in [0.25, 0.3) is 0 Å². The molecule has 1 heteroatoms. The van der Waals surface area contributed by atoms with Gasteiger partial charge in [-0.05, 0) is 44.7 Å². The van der Waals surface area contributed by atoms with E-state index >= 15 is 0 Å². The van der Waals surface area contributed by atoms with Gasteiger partial charge in [0, 0.05) is 0 Å². The van der Waals surface area contributed by atoms with Crippen LogP contribution in [0.1, 0.15) is 47.5 Å². The third-order valence-electron chi connectivity index (χ3n) is 3.05. The predicted octanol–water partition coefficient (Wildman–Crippen LogP) is 3.40. The maximum atomic E-state index is 3.14. The standard InChI is InChI=1S/C12H21N.C2H6/c1-4-5-8-13-9-6-12(7-10-13)11(2)3;1-2/h11-12H,6-10H2,1-3H3;1-2H3. The van der Waals surface area contributed by atoms with Crippen molar-refractivity contribution in [1.29, 1.82) is 0 Å². The molecular weight excluding hydrogens is 182 g/mol. The highest BCUT2D eigenvalue weighted by atomic mass is 15.1. The zero-order valence-electron chi connectivity index (χ0n) is 11.1. The molecule has 0 aromatic heterocycles. The zero-order chi connectivity index (χ0) is 11.7. The summed E-state index contributed by atoms with van der Waals surface area (Å²) in [6.45, 7) is 14.1. The minimum atomic E-state index is 0.861. The molecule has 0 unspecified atom stereocenters. The molecule has 0 saturated carbocycles. The Kier molecular flexibility index (Phi) is 8.52. The van der Waals surface area contributed by atoms with Gasteiger partial charge in [-0.15, -0.1) is 5.92 Å². The van der Waals surface area contributed by atoms with Crippen LogP contribution in [-0.2, 0) is 0 Å². The Balaban J connectivity index is 0.000000921. The van der Waals surface area contributed by atoms with Gasteiger partial charge in [-0.2, -0.15) is 0 Å². The molecule has 1 saturated heterocycles. The third-order valence-corrected chi connectivity index (χ3v) is 3.05. The van der Waals surface area contributed by atoms with Crippen LogP contribution >= 0.6 is 0 Å². The highest BCUT2D eigenvalue weighted by molar-refractivity contribution is 4.98. The van der Waals surface area contributed by atoms with Crippen LogP contribution in [0.2, 0.25) is 0 Å². The number of hydrogen-bond acceptors (Lipinski definition) is 1. The zero-order valence-corrected chi connectivity index (χ0v) is 11.1. The van der Waals surface area contributed by atoms with Crippen molar-refractivity contribution >= 4 is 0 Å². The predicted molar refractivity (Wildman–Crippen MR) is 68.8 cm³/mol. The first-order chi connectivity index (χ1) is 7.24. The van der Waals surface area contributed by atoms with Crippen LogP contribution in [0.15, 0.2) is 0 Å². The first kappa shape index (κ1) is 14.5. The van der Waals surface area contributed by atoms with Gasteiger partial charge in [0.1, 0.15) is 0 Å². The molecule has 1 nitrogen and oxygen atoms in total. The Morgan fingerprint density at radius 1 is 1.20 bits per heavy atom. The number of likely N-dealkylation sites (tertiary alicyclic amines) is 1. The molecule has 1 aliphatic heterocycles. The molecule has 0 aromatic carbocycles. The summed E-state index contributed by atoms with van der Waals surface area (Å²) in [4.78, 5) is 2.47. The summed E-state index contributed by atoms with van der Waals surface area (Å²) in [7, 11) is 0. The molecule has 1 fully saturated rings. The van der Waals surface area contributed by atoms with E-state index in [1.807, 2.05) is 20.8 Å². The van der Waals surface area contributed by atoms with Gasteiger partial charge >= 0.3 is 0 Å². The minimum Gasteiger partial charge on any atom is -0.292 e. The molecule has 0 radical (unpaired) electrons. The summed E-state index contributed by atoms with van der Waals surface area (Å²) >= 11 is 0.